The smallest absolute Gasteiger partial charge is 0.257 e. The van der Waals surface area contributed by atoms with Crippen molar-refractivity contribution in [3.63, 3.8) is 0 Å². The lowest BCUT2D eigenvalue weighted by atomic mass is 9.74. The molecule has 21 heavy (non-hydrogen) atoms. The summed E-state index contributed by atoms with van der Waals surface area (Å²) in [6.07, 6.45) is 3.95. The van der Waals surface area contributed by atoms with Gasteiger partial charge in [0, 0.05) is 30.0 Å². The van der Waals surface area contributed by atoms with Gasteiger partial charge in [0.25, 0.3) is 5.91 Å². The first kappa shape index (κ1) is 14.4. The van der Waals surface area contributed by atoms with Crippen molar-refractivity contribution in [1.82, 2.24) is 0 Å². The zero-order valence-corrected chi connectivity index (χ0v) is 12.9. The van der Waals surface area contributed by atoms with Gasteiger partial charge in [-0.05, 0) is 30.4 Å². The second-order valence-electron chi connectivity index (χ2n) is 6.36. The quantitative estimate of drug-likeness (QED) is 0.898. The van der Waals surface area contributed by atoms with E-state index in [4.69, 9.17) is 0 Å². The molecule has 1 amide bonds. The molecule has 4 heteroatoms. The molecule has 0 radical (unpaired) electrons. The molecular formula is C17H24N2O2. The summed E-state index contributed by atoms with van der Waals surface area (Å²) in [6.45, 7) is 6.73. The summed E-state index contributed by atoms with van der Waals surface area (Å²) in [5.74, 6) is -0.322. The molecule has 3 rings (SSSR count). The van der Waals surface area contributed by atoms with Crippen LogP contribution in [0.4, 0.5) is 11.4 Å². The summed E-state index contributed by atoms with van der Waals surface area (Å²) in [5.41, 5.74) is 3.10. The molecule has 4 nitrogen and oxygen atoms in total. The van der Waals surface area contributed by atoms with E-state index >= 15 is 0 Å². The van der Waals surface area contributed by atoms with Crippen LogP contribution in [0.5, 0.6) is 0 Å². The SMILES string of the molecule is CCC1(CC)CCN(c2ccc3c(c2)NC(=O)C3O)CC1. The number of amides is 1. The molecule has 2 N–H and O–H groups in total. The summed E-state index contributed by atoms with van der Waals surface area (Å²) < 4.78 is 0. The fourth-order valence-corrected chi connectivity index (χ4v) is 3.63. The Morgan fingerprint density at radius 3 is 2.57 bits per heavy atom. The van der Waals surface area contributed by atoms with Crippen LogP contribution in [-0.2, 0) is 4.79 Å². The number of fused-ring (bicyclic) bond motifs is 1. The minimum absolute atomic E-state index is 0.322. The Morgan fingerprint density at radius 2 is 1.95 bits per heavy atom. The van der Waals surface area contributed by atoms with Crippen molar-refractivity contribution in [2.75, 3.05) is 23.3 Å². The molecule has 1 unspecified atom stereocenters. The van der Waals surface area contributed by atoms with Crippen LogP contribution in [0.25, 0.3) is 0 Å². The lowest BCUT2D eigenvalue weighted by Gasteiger charge is -2.42. The van der Waals surface area contributed by atoms with Crippen LogP contribution in [0.1, 0.15) is 51.2 Å². The van der Waals surface area contributed by atoms with Crippen molar-refractivity contribution in [2.24, 2.45) is 5.41 Å². The fraction of sp³-hybridized carbons (Fsp3) is 0.588. The zero-order chi connectivity index (χ0) is 15.0. The van der Waals surface area contributed by atoms with Crippen LogP contribution in [-0.4, -0.2) is 24.1 Å². The van der Waals surface area contributed by atoms with E-state index in [9.17, 15) is 9.90 Å². The van der Waals surface area contributed by atoms with E-state index in [2.05, 4.69) is 24.1 Å². The van der Waals surface area contributed by atoms with Gasteiger partial charge in [-0.15, -0.1) is 0 Å². The summed E-state index contributed by atoms with van der Waals surface area (Å²) in [6, 6.07) is 5.89. The van der Waals surface area contributed by atoms with E-state index < -0.39 is 6.10 Å². The standard InChI is InChI=1S/C17H24N2O2/c1-3-17(4-2)7-9-19(10-8-17)12-5-6-13-14(11-12)18-16(21)15(13)20/h5-6,11,15,20H,3-4,7-10H2,1-2H3,(H,18,21). The first-order chi connectivity index (χ1) is 10.1. The molecule has 1 atom stereocenters. The first-order valence-corrected chi connectivity index (χ1v) is 7.96. The predicted octanol–water partition coefficient (Wildman–Crippen LogP) is 3.08. The van der Waals surface area contributed by atoms with Gasteiger partial charge in [-0.3, -0.25) is 4.79 Å². The van der Waals surface area contributed by atoms with Gasteiger partial charge in [-0.2, -0.15) is 0 Å². The minimum Gasteiger partial charge on any atom is -0.378 e. The van der Waals surface area contributed by atoms with Gasteiger partial charge in [-0.25, -0.2) is 0 Å². The Kier molecular flexibility index (Phi) is 3.66. The van der Waals surface area contributed by atoms with Crippen LogP contribution < -0.4 is 10.2 Å². The maximum Gasteiger partial charge on any atom is 0.257 e. The molecule has 1 saturated heterocycles. The van der Waals surface area contributed by atoms with Gasteiger partial charge >= 0.3 is 0 Å². The van der Waals surface area contributed by atoms with E-state index in [-0.39, 0.29) is 5.91 Å². The van der Waals surface area contributed by atoms with E-state index in [1.165, 1.54) is 25.7 Å². The number of nitrogens with zero attached hydrogens (tertiary/aromatic N) is 1. The molecule has 114 valence electrons. The Bertz CT molecular complexity index is 542. The van der Waals surface area contributed by atoms with Gasteiger partial charge in [0.2, 0.25) is 0 Å². The zero-order valence-electron chi connectivity index (χ0n) is 12.9. The molecule has 0 saturated carbocycles. The molecule has 1 fully saturated rings. The third-order valence-corrected chi connectivity index (χ3v) is 5.53. The largest absolute Gasteiger partial charge is 0.378 e. The van der Waals surface area contributed by atoms with Crippen LogP contribution in [0, 0.1) is 5.41 Å². The average molecular weight is 288 g/mol. The number of nitrogens with one attached hydrogen (secondary N) is 1. The molecular weight excluding hydrogens is 264 g/mol. The summed E-state index contributed by atoms with van der Waals surface area (Å²) >= 11 is 0. The van der Waals surface area contributed by atoms with Crippen molar-refractivity contribution < 1.29 is 9.90 Å². The molecule has 2 aliphatic rings. The number of carbonyl (C=O) groups excluding carboxylic acids is 1. The van der Waals surface area contributed by atoms with Crippen LogP contribution in [0.2, 0.25) is 0 Å². The van der Waals surface area contributed by atoms with Gasteiger partial charge in [0.15, 0.2) is 6.10 Å². The second-order valence-corrected chi connectivity index (χ2v) is 6.36. The maximum atomic E-state index is 11.5. The Labute approximate surface area is 126 Å². The highest BCUT2D eigenvalue weighted by Gasteiger charge is 2.32. The molecule has 1 aromatic carbocycles. The topological polar surface area (TPSA) is 52.6 Å². The van der Waals surface area contributed by atoms with Crippen molar-refractivity contribution in [1.29, 1.82) is 0 Å². The summed E-state index contributed by atoms with van der Waals surface area (Å²) in [5, 5.41) is 12.5. The number of benzene rings is 1. The van der Waals surface area contributed by atoms with Gasteiger partial charge in [0.05, 0.1) is 0 Å². The molecule has 0 aliphatic carbocycles. The number of piperidine rings is 1. The number of hydrogen-bond acceptors (Lipinski definition) is 3. The lowest BCUT2D eigenvalue weighted by Crippen LogP contribution is -2.39. The van der Waals surface area contributed by atoms with E-state index in [1.54, 1.807) is 0 Å². The van der Waals surface area contributed by atoms with Crippen LogP contribution in [0.3, 0.4) is 0 Å². The third kappa shape index (κ3) is 2.42. The Morgan fingerprint density at radius 1 is 1.29 bits per heavy atom. The first-order valence-electron chi connectivity index (χ1n) is 7.96. The number of carbonyl (C=O) groups is 1. The van der Waals surface area contributed by atoms with Crippen molar-refractivity contribution in [2.45, 2.75) is 45.6 Å². The molecule has 1 aromatic rings. The van der Waals surface area contributed by atoms with E-state index in [0.29, 0.717) is 11.0 Å². The van der Waals surface area contributed by atoms with E-state index in [1.807, 2.05) is 18.2 Å². The number of anilines is 2. The lowest BCUT2D eigenvalue weighted by molar-refractivity contribution is -0.123. The predicted molar refractivity (Wildman–Crippen MR) is 84.5 cm³/mol. The average Bonchev–Trinajstić information content (AvgIpc) is 2.81. The number of aliphatic hydroxyl groups is 1. The molecule has 0 bridgehead atoms. The maximum absolute atomic E-state index is 11.5. The number of aliphatic hydroxyl groups excluding tert-OH is 1. The summed E-state index contributed by atoms with van der Waals surface area (Å²) in [7, 11) is 0. The normalized spacial score (nSPS) is 23.9. The van der Waals surface area contributed by atoms with Crippen molar-refractivity contribution in [3.8, 4) is 0 Å². The monoisotopic (exact) mass is 288 g/mol. The molecule has 2 heterocycles. The number of hydrogen-bond donors (Lipinski definition) is 2. The highest BCUT2D eigenvalue weighted by Crippen LogP contribution is 2.40. The second kappa shape index (κ2) is 5.34. The van der Waals surface area contributed by atoms with Crippen molar-refractivity contribution >= 4 is 17.3 Å². The van der Waals surface area contributed by atoms with Gasteiger partial charge in [-0.1, -0.05) is 32.8 Å². The highest BCUT2D eigenvalue weighted by molar-refractivity contribution is 6.02. The minimum atomic E-state index is -1.01. The van der Waals surface area contributed by atoms with Gasteiger partial charge in [0.1, 0.15) is 0 Å². The number of rotatable bonds is 3. The Hall–Kier alpha value is -1.55. The van der Waals surface area contributed by atoms with E-state index in [0.717, 1.165) is 24.5 Å². The van der Waals surface area contributed by atoms with Gasteiger partial charge < -0.3 is 15.3 Å². The molecule has 0 aromatic heterocycles. The fourth-order valence-electron chi connectivity index (χ4n) is 3.63. The molecule has 0 spiro atoms. The summed E-state index contributed by atoms with van der Waals surface area (Å²) in [4.78, 5) is 13.9. The van der Waals surface area contributed by atoms with Crippen molar-refractivity contribution in [3.05, 3.63) is 23.8 Å². The molecule has 2 aliphatic heterocycles. The van der Waals surface area contributed by atoms with Crippen LogP contribution in [0.15, 0.2) is 18.2 Å². The highest BCUT2D eigenvalue weighted by atomic mass is 16.3. The third-order valence-electron chi connectivity index (χ3n) is 5.53. The van der Waals surface area contributed by atoms with Crippen LogP contribution >= 0.6 is 0 Å². The Balaban J connectivity index is 1.75.